The minimum absolute atomic E-state index is 0.00575. The first kappa shape index (κ1) is 16.9. The molecule has 2 aromatic rings. The first-order valence-electron chi connectivity index (χ1n) is 7.25. The Bertz CT molecular complexity index is 653. The lowest BCUT2D eigenvalue weighted by molar-refractivity contribution is -0.121. The Balaban J connectivity index is 1.88. The van der Waals surface area contributed by atoms with Crippen molar-refractivity contribution in [2.75, 3.05) is 0 Å². The van der Waals surface area contributed by atoms with Crippen LogP contribution in [0.15, 0.2) is 42.5 Å². The van der Waals surface area contributed by atoms with Gasteiger partial charge in [-0.1, -0.05) is 59.1 Å². The number of carbonyl (C=O) groups excluding carboxylic acids is 1. The van der Waals surface area contributed by atoms with E-state index in [0.29, 0.717) is 22.9 Å². The molecular weight excluding hydrogens is 317 g/mol. The predicted molar refractivity (Wildman–Crippen MR) is 92.5 cm³/mol. The summed E-state index contributed by atoms with van der Waals surface area (Å²) >= 11 is 12.0. The van der Waals surface area contributed by atoms with Gasteiger partial charge in [-0.15, -0.1) is 0 Å². The highest BCUT2D eigenvalue weighted by Crippen LogP contribution is 2.22. The Hall–Kier alpha value is -1.51. The molecule has 0 aliphatic heterocycles. The van der Waals surface area contributed by atoms with Gasteiger partial charge in [0.05, 0.1) is 6.04 Å². The molecular formula is C18H19Cl2NO. The Kier molecular flexibility index (Phi) is 5.87. The van der Waals surface area contributed by atoms with Crippen LogP contribution in [0.1, 0.15) is 36.1 Å². The molecule has 0 aliphatic carbocycles. The zero-order valence-corrected chi connectivity index (χ0v) is 14.2. The van der Waals surface area contributed by atoms with Crippen LogP contribution in [-0.2, 0) is 11.2 Å². The molecule has 1 atom stereocenters. The van der Waals surface area contributed by atoms with Crippen molar-refractivity contribution in [3.05, 3.63) is 69.2 Å². The van der Waals surface area contributed by atoms with Crippen molar-refractivity contribution in [2.24, 2.45) is 0 Å². The minimum atomic E-state index is -0.00575. The van der Waals surface area contributed by atoms with Crippen LogP contribution in [0.2, 0.25) is 10.0 Å². The van der Waals surface area contributed by atoms with Crippen LogP contribution in [0.3, 0.4) is 0 Å². The third-order valence-corrected chi connectivity index (χ3v) is 4.18. The molecule has 0 heterocycles. The van der Waals surface area contributed by atoms with Crippen molar-refractivity contribution < 1.29 is 4.79 Å². The average Bonchev–Trinajstić information content (AvgIpc) is 2.47. The quantitative estimate of drug-likeness (QED) is 0.807. The topological polar surface area (TPSA) is 29.1 Å². The summed E-state index contributed by atoms with van der Waals surface area (Å²) in [7, 11) is 0. The van der Waals surface area contributed by atoms with Crippen LogP contribution >= 0.6 is 23.2 Å². The molecule has 1 amide bonds. The van der Waals surface area contributed by atoms with Crippen molar-refractivity contribution in [3.63, 3.8) is 0 Å². The first-order valence-corrected chi connectivity index (χ1v) is 8.01. The van der Waals surface area contributed by atoms with Gasteiger partial charge in [-0.25, -0.2) is 0 Å². The molecule has 2 aromatic carbocycles. The number of amides is 1. The highest BCUT2D eigenvalue weighted by molar-refractivity contribution is 6.35. The van der Waals surface area contributed by atoms with Crippen molar-refractivity contribution in [2.45, 2.75) is 32.7 Å². The molecule has 0 fully saturated rings. The molecule has 1 N–H and O–H groups in total. The molecule has 116 valence electrons. The molecule has 2 rings (SSSR count). The van der Waals surface area contributed by atoms with Crippen molar-refractivity contribution >= 4 is 29.1 Å². The number of aryl methyl sites for hydroxylation is 2. The van der Waals surface area contributed by atoms with Gasteiger partial charge in [-0.3, -0.25) is 4.79 Å². The van der Waals surface area contributed by atoms with E-state index >= 15 is 0 Å². The van der Waals surface area contributed by atoms with Gasteiger partial charge in [0.2, 0.25) is 5.91 Å². The fraction of sp³-hybridized carbons (Fsp3) is 0.278. The van der Waals surface area contributed by atoms with E-state index in [1.165, 1.54) is 5.56 Å². The van der Waals surface area contributed by atoms with E-state index in [1.54, 1.807) is 12.1 Å². The number of rotatable bonds is 5. The largest absolute Gasteiger partial charge is 0.350 e. The highest BCUT2D eigenvalue weighted by atomic mass is 35.5. The van der Waals surface area contributed by atoms with Gasteiger partial charge in [0.1, 0.15) is 0 Å². The lowest BCUT2D eigenvalue weighted by Crippen LogP contribution is -2.26. The van der Waals surface area contributed by atoms with Crippen LogP contribution in [0.4, 0.5) is 0 Å². The molecule has 2 nitrogen and oxygen atoms in total. The van der Waals surface area contributed by atoms with Crippen LogP contribution in [0.5, 0.6) is 0 Å². The third-order valence-electron chi connectivity index (χ3n) is 3.59. The Morgan fingerprint density at radius 2 is 1.82 bits per heavy atom. The van der Waals surface area contributed by atoms with E-state index in [9.17, 15) is 4.79 Å². The summed E-state index contributed by atoms with van der Waals surface area (Å²) in [6, 6.07) is 13.5. The van der Waals surface area contributed by atoms with Crippen molar-refractivity contribution in [1.82, 2.24) is 5.32 Å². The van der Waals surface area contributed by atoms with Gasteiger partial charge in [0, 0.05) is 16.5 Å². The third kappa shape index (κ3) is 4.75. The van der Waals surface area contributed by atoms with Crippen molar-refractivity contribution in [1.29, 1.82) is 0 Å². The minimum Gasteiger partial charge on any atom is -0.350 e. The van der Waals surface area contributed by atoms with Gasteiger partial charge < -0.3 is 5.32 Å². The smallest absolute Gasteiger partial charge is 0.220 e. The van der Waals surface area contributed by atoms with Gasteiger partial charge >= 0.3 is 0 Å². The second-order valence-electron chi connectivity index (χ2n) is 5.44. The number of carbonyl (C=O) groups is 1. The number of hydrogen-bond acceptors (Lipinski definition) is 1. The second-order valence-corrected chi connectivity index (χ2v) is 6.28. The molecule has 0 unspecified atom stereocenters. The average molecular weight is 336 g/mol. The van der Waals surface area contributed by atoms with Crippen LogP contribution in [-0.4, -0.2) is 5.91 Å². The predicted octanol–water partition coefficient (Wildman–Crippen LogP) is 5.11. The molecule has 22 heavy (non-hydrogen) atoms. The van der Waals surface area contributed by atoms with E-state index in [0.717, 1.165) is 11.1 Å². The van der Waals surface area contributed by atoms with E-state index in [1.807, 2.05) is 44.2 Å². The van der Waals surface area contributed by atoms with Crippen LogP contribution in [0, 0.1) is 6.92 Å². The summed E-state index contributed by atoms with van der Waals surface area (Å²) < 4.78 is 0. The van der Waals surface area contributed by atoms with Crippen LogP contribution < -0.4 is 5.32 Å². The van der Waals surface area contributed by atoms with E-state index in [4.69, 9.17) is 23.2 Å². The number of halogens is 2. The van der Waals surface area contributed by atoms with E-state index in [-0.39, 0.29) is 11.9 Å². The van der Waals surface area contributed by atoms with Crippen LogP contribution in [0.25, 0.3) is 0 Å². The van der Waals surface area contributed by atoms with Gasteiger partial charge in [0.15, 0.2) is 0 Å². The fourth-order valence-corrected chi connectivity index (χ4v) is 2.73. The lowest BCUT2D eigenvalue weighted by atomic mass is 10.1. The highest BCUT2D eigenvalue weighted by Gasteiger charge is 2.10. The SMILES string of the molecule is Cc1ccc([C@@H](C)NC(=O)CCc2ccc(Cl)cc2Cl)cc1. The number of hydrogen-bond donors (Lipinski definition) is 1. The first-order chi connectivity index (χ1) is 10.5. The maximum Gasteiger partial charge on any atom is 0.220 e. The molecule has 0 radical (unpaired) electrons. The summed E-state index contributed by atoms with van der Waals surface area (Å²) in [5.74, 6) is 0.0130. The molecule has 0 saturated heterocycles. The van der Waals surface area contributed by atoms with Gasteiger partial charge in [0.25, 0.3) is 0 Å². The molecule has 0 bridgehead atoms. The second kappa shape index (κ2) is 7.66. The summed E-state index contributed by atoms with van der Waals surface area (Å²) in [4.78, 5) is 12.1. The summed E-state index contributed by atoms with van der Waals surface area (Å²) in [6.45, 7) is 4.03. The standard InChI is InChI=1S/C18H19Cl2NO/c1-12-3-5-14(6-4-12)13(2)21-18(22)10-8-15-7-9-16(19)11-17(15)20/h3-7,9,11,13H,8,10H2,1-2H3,(H,21,22)/t13-/m1/s1. The Morgan fingerprint density at radius 3 is 2.45 bits per heavy atom. The zero-order chi connectivity index (χ0) is 16.1. The number of nitrogens with one attached hydrogen (secondary N) is 1. The monoisotopic (exact) mass is 335 g/mol. The van der Waals surface area contributed by atoms with E-state index < -0.39 is 0 Å². The summed E-state index contributed by atoms with van der Waals surface area (Å²) in [5, 5.41) is 4.22. The normalized spacial score (nSPS) is 12.0. The molecule has 0 aliphatic rings. The lowest BCUT2D eigenvalue weighted by Gasteiger charge is -2.15. The molecule has 0 saturated carbocycles. The zero-order valence-electron chi connectivity index (χ0n) is 12.7. The van der Waals surface area contributed by atoms with E-state index in [2.05, 4.69) is 5.32 Å². The molecule has 4 heteroatoms. The molecule has 0 aromatic heterocycles. The summed E-state index contributed by atoms with van der Waals surface area (Å²) in [6.07, 6.45) is 1.00. The maximum atomic E-state index is 12.1. The molecule has 0 spiro atoms. The van der Waals surface area contributed by atoms with Gasteiger partial charge in [-0.05, 0) is 43.5 Å². The Morgan fingerprint density at radius 1 is 1.14 bits per heavy atom. The van der Waals surface area contributed by atoms with Crippen molar-refractivity contribution in [3.8, 4) is 0 Å². The summed E-state index contributed by atoms with van der Waals surface area (Å²) in [5.41, 5.74) is 3.24. The number of benzene rings is 2. The fourth-order valence-electron chi connectivity index (χ4n) is 2.22. The Labute approximate surface area is 141 Å². The maximum absolute atomic E-state index is 12.1. The van der Waals surface area contributed by atoms with Gasteiger partial charge in [-0.2, -0.15) is 0 Å².